The summed E-state index contributed by atoms with van der Waals surface area (Å²) in [6.07, 6.45) is 3.07. The van der Waals surface area contributed by atoms with Crippen molar-refractivity contribution in [2.24, 2.45) is 7.05 Å². The molecule has 1 unspecified atom stereocenters. The molecule has 2 heterocycles. The van der Waals surface area contributed by atoms with Crippen LogP contribution in [0.2, 0.25) is 0 Å². The summed E-state index contributed by atoms with van der Waals surface area (Å²) < 4.78 is 15.1. The van der Waals surface area contributed by atoms with Gasteiger partial charge in [-0.2, -0.15) is 5.10 Å². The summed E-state index contributed by atoms with van der Waals surface area (Å²) in [5, 5.41) is 7.25. The van der Waals surface area contributed by atoms with Gasteiger partial charge >= 0.3 is 6.03 Å². The van der Waals surface area contributed by atoms with E-state index in [1.165, 1.54) is 12.1 Å². The summed E-state index contributed by atoms with van der Waals surface area (Å²) in [7, 11) is 1.87. The summed E-state index contributed by atoms with van der Waals surface area (Å²) in [5.41, 5.74) is 2.36. The minimum Gasteiger partial charge on any atom is -0.342 e. The first-order valence-electron chi connectivity index (χ1n) is 9.19. The molecule has 0 saturated carbocycles. The van der Waals surface area contributed by atoms with Crippen LogP contribution in [0.4, 0.5) is 9.18 Å². The average Bonchev–Trinajstić information content (AvgIpc) is 3.25. The smallest absolute Gasteiger partial charge is 0.317 e. The molecular weight excluding hydrogens is 347 g/mol. The highest BCUT2D eigenvalue weighted by atomic mass is 19.1. The number of carbonyl (C=O) groups is 1. The van der Waals surface area contributed by atoms with Crippen LogP contribution in [0.1, 0.15) is 37.8 Å². The van der Waals surface area contributed by atoms with Gasteiger partial charge in [0.05, 0.1) is 22.8 Å². The maximum atomic E-state index is 13.3. The second-order valence-electron chi connectivity index (χ2n) is 6.46. The number of H-pyrrole nitrogens is 1. The van der Waals surface area contributed by atoms with Gasteiger partial charge in [0, 0.05) is 32.8 Å². The van der Waals surface area contributed by atoms with E-state index in [4.69, 9.17) is 0 Å². The Labute approximate surface area is 157 Å². The number of hydrogen-bond donors (Lipinski definition) is 2. The number of aryl methyl sites for hydroxylation is 1. The Morgan fingerprint density at radius 1 is 1.37 bits per heavy atom. The molecule has 8 heteroatoms. The van der Waals surface area contributed by atoms with Crippen LogP contribution in [-0.2, 0) is 13.5 Å². The van der Waals surface area contributed by atoms with Crippen LogP contribution in [0.5, 0.6) is 0 Å². The Morgan fingerprint density at radius 3 is 2.85 bits per heavy atom. The molecule has 0 fully saturated rings. The lowest BCUT2D eigenvalue weighted by Gasteiger charge is -2.25. The molecule has 2 aromatic heterocycles. The van der Waals surface area contributed by atoms with Crippen molar-refractivity contribution in [1.82, 2.24) is 30.0 Å². The Morgan fingerprint density at radius 2 is 2.19 bits per heavy atom. The predicted molar refractivity (Wildman–Crippen MR) is 102 cm³/mol. The second-order valence-corrected chi connectivity index (χ2v) is 6.46. The summed E-state index contributed by atoms with van der Waals surface area (Å²) in [6.45, 7) is 5.08. The monoisotopic (exact) mass is 372 g/mol. The van der Waals surface area contributed by atoms with Crippen molar-refractivity contribution in [2.75, 3.05) is 13.1 Å². The largest absolute Gasteiger partial charge is 0.342 e. The van der Waals surface area contributed by atoms with E-state index in [1.807, 2.05) is 27.0 Å². The zero-order valence-corrected chi connectivity index (χ0v) is 15.9. The van der Waals surface area contributed by atoms with Gasteiger partial charge in [0.15, 0.2) is 0 Å². The van der Waals surface area contributed by atoms with E-state index in [0.29, 0.717) is 25.0 Å². The number of aromatic nitrogens is 4. The summed E-state index contributed by atoms with van der Waals surface area (Å²) in [6, 6.07) is 6.17. The van der Waals surface area contributed by atoms with Crippen molar-refractivity contribution in [1.29, 1.82) is 0 Å². The van der Waals surface area contributed by atoms with E-state index in [9.17, 15) is 9.18 Å². The van der Waals surface area contributed by atoms with E-state index in [2.05, 4.69) is 20.4 Å². The maximum Gasteiger partial charge on any atom is 0.317 e. The average molecular weight is 372 g/mol. The summed E-state index contributed by atoms with van der Waals surface area (Å²) >= 11 is 0. The summed E-state index contributed by atoms with van der Waals surface area (Å²) in [5.74, 6) is 0.438. The number of nitrogens with one attached hydrogen (secondary N) is 2. The third-order valence-corrected chi connectivity index (χ3v) is 4.70. The fourth-order valence-corrected chi connectivity index (χ4v) is 3.15. The standard InChI is InChI=1S/C19H25FN6O/c1-4-14(17-8-10-21-25(17)3)24-19(27)26(5-2)11-9-18-22-15-7-6-13(20)12-16(15)23-18/h6-8,10,12,14H,4-5,9,11H2,1-3H3,(H,22,23)(H,24,27). The van der Waals surface area contributed by atoms with Gasteiger partial charge in [0.25, 0.3) is 0 Å². The van der Waals surface area contributed by atoms with Crippen LogP contribution in [-0.4, -0.2) is 43.8 Å². The third kappa shape index (κ3) is 4.27. The number of nitrogens with zero attached hydrogens (tertiary/aromatic N) is 4. The molecule has 0 spiro atoms. The van der Waals surface area contributed by atoms with Crippen molar-refractivity contribution in [3.63, 3.8) is 0 Å². The third-order valence-electron chi connectivity index (χ3n) is 4.70. The highest BCUT2D eigenvalue weighted by molar-refractivity contribution is 5.75. The zero-order valence-electron chi connectivity index (χ0n) is 15.9. The number of rotatable bonds is 7. The number of urea groups is 1. The molecule has 0 radical (unpaired) electrons. The number of aromatic amines is 1. The van der Waals surface area contributed by atoms with Crippen molar-refractivity contribution < 1.29 is 9.18 Å². The molecule has 0 aliphatic rings. The number of carbonyl (C=O) groups excluding carboxylic acids is 1. The quantitative estimate of drug-likeness (QED) is 0.669. The Bertz CT molecular complexity index is 918. The lowest BCUT2D eigenvalue weighted by Crippen LogP contribution is -2.42. The van der Waals surface area contributed by atoms with E-state index < -0.39 is 0 Å². The van der Waals surface area contributed by atoms with Crippen molar-refractivity contribution in [2.45, 2.75) is 32.7 Å². The molecule has 1 atom stereocenters. The molecule has 2 N–H and O–H groups in total. The van der Waals surface area contributed by atoms with Gasteiger partial charge in [-0.15, -0.1) is 0 Å². The van der Waals surface area contributed by atoms with E-state index in [1.54, 1.807) is 21.8 Å². The Kier molecular flexibility index (Phi) is 5.73. The maximum absolute atomic E-state index is 13.3. The SMILES string of the molecule is CCC(NC(=O)N(CC)CCc1nc2ccc(F)cc2[nH]1)c1ccnn1C. The molecule has 2 amide bonds. The van der Waals surface area contributed by atoms with Crippen LogP contribution in [0.25, 0.3) is 11.0 Å². The lowest BCUT2D eigenvalue weighted by atomic mass is 10.1. The number of fused-ring (bicyclic) bond motifs is 1. The van der Waals surface area contributed by atoms with Gasteiger partial charge in [-0.3, -0.25) is 4.68 Å². The molecule has 0 aliphatic heterocycles. The number of imidazole rings is 1. The topological polar surface area (TPSA) is 78.8 Å². The number of benzene rings is 1. The van der Waals surface area contributed by atoms with E-state index in [0.717, 1.165) is 23.5 Å². The van der Waals surface area contributed by atoms with Gasteiger partial charge < -0.3 is 15.2 Å². The van der Waals surface area contributed by atoms with E-state index in [-0.39, 0.29) is 17.9 Å². The fraction of sp³-hybridized carbons (Fsp3) is 0.421. The van der Waals surface area contributed by atoms with Crippen LogP contribution in [0.15, 0.2) is 30.5 Å². The second kappa shape index (κ2) is 8.20. The predicted octanol–water partition coefficient (Wildman–Crippen LogP) is 3.16. The molecular formula is C19H25FN6O. The molecule has 0 aliphatic carbocycles. The van der Waals surface area contributed by atoms with Crippen LogP contribution >= 0.6 is 0 Å². The van der Waals surface area contributed by atoms with Crippen LogP contribution in [0.3, 0.4) is 0 Å². The minimum atomic E-state index is -0.298. The highest BCUT2D eigenvalue weighted by Crippen LogP contribution is 2.16. The van der Waals surface area contributed by atoms with Crippen LogP contribution < -0.4 is 5.32 Å². The molecule has 3 aromatic rings. The van der Waals surface area contributed by atoms with Gasteiger partial charge in [-0.1, -0.05) is 6.92 Å². The molecule has 1 aromatic carbocycles. The number of hydrogen-bond acceptors (Lipinski definition) is 3. The zero-order chi connectivity index (χ0) is 19.4. The van der Waals surface area contributed by atoms with Gasteiger partial charge in [0.2, 0.25) is 0 Å². The molecule has 7 nitrogen and oxygen atoms in total. The van der Waals surface area contributed by atoms with Crippen molar-refractivity contribution >= 4 is 17.1 Å². The molecule has 0 saturated heterocycles. The van der Waals surface area contributed by atoms with Crippen molar-refractivity contribution in [3.05, 3.63) is 47.8 Å². The van der Waals surface area contributed by atoms with E-state index >= 15 is 0 Å². The minimum absolute atomic E-state index is 0.0896. The van der Waals surface area contributed by atoms with Crippen molar-refractivity contribution in [3.8, 4) is 0 Å². The number of likely N-dealkylation sites (N-methyl/N-ethyl adjacent to an activating group) is 1. The van der Waals surface area contributed by atoms with Crippen LogP contribution in [0, 0.1) is 5.82 Å². The Balaban J connectivity index is 1.63. The number of halogens is 1. The summed E-state index contributed by atoms with van der Waals surface area (Å²) in [4.78, 5) is 22.0. The Hall–Kier alpha value is -2.90. The lowest BCUT2D eigenvalue weighted by molar-refractivity contribution is 0.196. The highest BCUT2D eigenvalue weighted by Gasteiger charge is 2.19. The first kappa shape index (κ1) is 18.9. The van der Waals surface area contributed by atoms with Gasteiger partial charge in [0.1, 0.15) is 11.6 Å². The fourth-order valence-electron chi connectivity index (χ4n) is 3.15. The van der Waals surface area contributed by atoms with Gasteiger partial charge in [-0.25, -0.2) is 14.2 Å². The molecule has 144 valence electrons. The molecule has 3 rings (SSSR count). The first-order valence-corrected chi connectivity index (χ1v) is 9.19. The van der Waals surface area contributed by atoms with Gasteiger partial charge in [-0.05, 0) is 37.6 Å². The first-order chi connectivity index (χ1) is 13.0. The molecule has 0 bridgehead atoms. The normalized spacial score (nSPS) is 12.3. The molecule has 27 heavy (non-hydrogen) atoms. The number of amides is 2.